The van der Waals surface area contributed by atoms with E-state index < -0.39 is 0 Å². The molecule has 2 N–H and O–H groups in total. The number of carbonyl (C=O) groups is 1. The van der Waals surface area contributed by atoms with Gasteiger partial charge in [0.1, 0.15) is 0 Å². The maximum Gasteiger partial charge on any atom is 0.240 e. The van der Waals surface area contributed by atoms with E-state index in [1.165, 1.54) is 0 Å². The molecule has 2 aromatic heterocycles. The van der Waals surface area contributed by atoms with Crippen molar-refractivity contribution in [3.8, 4) is 0 Å². The first kappa shape index (κ1) is 17.6. The summed E-state index contributed by atoms with van der Waals surface area (Å²) in [5.41, 5.74) is 2.68. The molecule has 0 radical (unpaired) electrons. The van der Waals surface area contributed by atoms with Crippen LogP contribution in [0.5, 0.6) is 0 Å². The van der Waals surface area contributed by atoms with E-state index in [0.29, 0.717) is 19.1 Å². The van der Waals surface area contributed by atoms with Crippen LogP contribution in [-0.4, -0.2) is 51.5 Å². The van der Waals surface area contributed by atoms with Gasteiger partial charge in [0, 0.05) is 12.7 Å². The van der Waals surface area contributed by atoms with Crippen LogP contribution in [0.4, 0.5) is 5.95 Å². The third kappa shape index (κ3) is 4.69. The highest BCUT2D eigenvalue weighted by atomic mass is 16.5. The van der Waals surface area contributed by atoms with Gasteiger partial charge in [0.15, 0.2) is 0 Å². The van der Waals surface area contributed by atoms with Gasteiger partial charge in [-0.2, -0.15) is 0 Å². The van der Waals surface area contributed by atoms with Crippen LogP contribution in [0.1, 0.15) is 18.5 Å². The number of rotatable bonds is 6. The Labute approximate surface area is 157 Å². The lowest BCUT2D eigenvalue weighted by molar-refractivity contribution is -0.118. The smallest absolute Gasteiger partial charge is 0.240 e. The predicted molar refractivity (Wildman–Crippen MR) is 103 cm³/mol. The summed E-state index contributed by atoms with van der Waals surface area (Å²) < 4.78 is 5.98. The van der Waals surface area contributed by atoms with Gasteiger partial charge in [-0.15, -0.1) is 0 Å². The summed E-state index contributed by atoms with van der Waals surface area (Å²) in [6.45, 7) is 2.49. The van der Waals surface area contributed by atoms with E-state index in [9.17, 15) is 4.79 Å². The van der Waals surface area contributed by atoms with Crippen molar-refractivity contribution in [2.75, 3.05) is 25.0 Å². The molecule has 7 nitrogen and oxygen atoms in total. The van der Waals surface area contributed by atoms with E-state index in [4.69, 9.17) is 4.74 Å². The number of aromatic nitrogens is 3. The van der Waals surface area contributed by atoms with Gasteiger partial charge in [0.25, 0.3) is 0 Å². The zero-order valence-corrected chi connectivity index (χ0v) is 15.1. The minimum Gasteiger partial charge on any atom is -0.371 e. The molecule has 3 aromatic rings. The molecule has 1 aliphatic heterocycles. The van der Waals surface area contributed by atoms with Crippen molar-refractivity contribution in [3.63, 3.8) is 0 Å². The van der Waals surface area contributed by atoms with Crippen LogP contribution in [-0.2, 0) is 16.1 Å². The van der Waals surface area contributed by atoms with Crippen molar-refractivity contribution < 1.29 is 9.53 Å². The summed E-state index contributed by atoms with van der Waals surface area (Å²) in [6.07, 6.45) is 3.92. The van der Waals surface area contributed by atoms with Crippen LogP contribution < -0.4 is 5.32 Å². The maximum absolute atomic E-state index is 12.4. The zero-order chi connectivity index (χ0) is 18.5. The van der Waals surface area contributed by atoms with E-state index in [0.717, 1.165) is 42.7 Å². The lowest BCUT2D eigenvalue weighted by Gasteiger charge is -2.31. The van der Waals surface area contributed by atoms with E-state index in [-0.39, 0.29) is 12.0 Å². The fraction of sp³-hybridized carbons (Fsp3) is 0.350. The third-order valence-electron chi connectivity index (χ3n) is 4.67. The number of pyridine rings is 1. The monoisotopic (exact) mass is 365 g/mol. The molecule has 1 amide bonds. The zero-order valence-electron chi connectivity index (χ0n) is 15.1. The van der Waals surface area contributed by atoms with Crippen LogP contribution in [0.25, 0.3) is 11.0 Å². The molecule has 0 saturated carbocycles. The number of carbonyl (C=O) groups excluding carboxylic acids is 1. The molecule has 0 bridgehead atoms. The van der Waals surface area contributed by atoms with E-state index in [2.05, 4.69) is 25.2 Å². The number of fused-ring (bicyclic) bond motifs is 1. The molecule has 1 saturated heterocycles. The first-order valence-electron chi connectivity index (χ1n) is 9.25. The van der Waals surface area contributed by atoms with Gasteiger partial charge < -0.3 is 9.72 Å². The number of imidazole rings is 1. The number of benzene rings is 1. The SMILES string of the molecule is O=C(CN1CCC[C@H](OCc2ccccn2)C1)Nc1nc2ccccc2[nH]1. The summed E-state index contributed by atoms with van der Waals surface area (Å²) in [5.74, 6) is 0.417. The number of nitrogens with one attached hydrogen (secondary N) is 2. The van der Waals surface area contributed by atoms with Crippen LogP contribution in [0.15, 0.2) is 48.7 Å². The molecule has 1 atom stereocenters. The number of likely N-dealkylation sites (tertiary alicyclic amines) is 1. The number of H-pyrrole nitrogens is 1. The minimum atomic E-state index is -0.0700. The van der Waals surface area contributed by atoms with E-state index in [1.54, 1.807) is 6.20 Å². The number of ether oxygens (including phenoxy) is 1. The Kier molecular flexibility index (Phi) is 5.41. The summed E-state index contributed by atoms with van der Waals surface area (Å²) >= 11 is 0. The molecule has 0 unspecified atom stereocenters. The van der Waals surface area contributed by atoms with Crippen molar-refractivity contribution >= 4 is 22.9 Å². The maximum atomic E-state index is 12.4. The Morgan fingerprint density at radius 2 is 2.15 bits per heavy atom. The fourth-order valence-electron chi connectivity index (χ4n) is 3.37. The van der Waals surface area contributed by atoms with Gasteiger partial charge >= 0.3 is 0 Å². The number of hydrogen-bond donors (Lipinski definition) is 2. The molecule has 0 aliphatic carbocycles. The molecule has 4 rings (SSSR count). The molecule has 140 valence electrons. The molecule has 1 fully saturated rings. The first-order chi connectivity index (χ1) is 13.3. The van der Waals surface area contributed by atoms with Crippen LogP contribution in [0, 0.1) is 0 Å². The van der Waals surface area contributed by atoms with Crippen molar-refractivity contribution in [2.24, 2.45) is 0 Å². The third-order valence-corrected chi connectivity index (χ3v) is 4.67. The second-order valence-corrected chi connectivity index (χ2v) is 6.78. The van der Waals surface area contributed by atoms with Crippen LogP contribution in [0.3, 0.4) is 0 Å². The number of amides is 1. The summed E-state index contributed by atoms with van der Waals surface area (Å²) in [5, 5.41) is 2.85. The Hall–Kier alpha value is -2.77. The van der Waals surface area contributed by atoms with Crippen molar-refractivity contribution in [1.82, 2.24) is 19.9 Å². The normalized spacial score (nSPS) is 17.9. The standard InChI is InChI=1S/C20H23N5O2/c26-19(24-20-22-17-8-1-2-9-18(17)23-20)13-25-11-5-7-16(12-25)27-14-15-6-3-4-10-21-15/h1-4,6,8-10,16H,5,7,11-14H2,(H2,22,23,24,26)/t16-/m0/s1. The first-order valence-corrected chi connectivity index (χ1v) is 9.25. The number of para-hydroxylation sites is 2. The number of nitrogens with zero attached hydrogens (tertiary/aromatic N) is 3. The number of hydrogen-bond acceptors (Lipinski definition) is 5. The Morgan fingerprint density at radius 1 is 1.26 bits per heavy atom. The van der Waals surface area contributed by atoms with Crippen LogP contribution >= 0.6 is 0 Å². The highest BCUT2D eigenvalue weighted by Crippen LogP contribution is 2.16. The molecule has 3 heterocycles. The summed E-state index contributed by atoms with van der Waals surface area (Å²) in [7, 11) is 0. The van der Waals surface area contributed by atoms with Gasteiger partial charge in [-0.1, -0.05) is 18.2 Å². The average Bonchev–Trinajstić information content (AvgIpc) is 3.09. The van der Waals surface area contributed by atoms with Crippen molar-refractivity contribution in [3.05, 3.63) is 54.4 Å². The lowest BCUT2D eigenvalue weighted by Crippen LogP contribution is -2.43. The molecule has 0 spiro atoms. The highest BCUT2D eigenvalue weighted by molar-refractivity contribution is 5.92. The Bertz CT molecular complexity index is 863. The molecule has 1 aromatic carbocycles. The van der Waals surface area contributed by atoms with E-state index >= 15 is 0 Å². The largest absolute Gasteiger partial charge is 0.371 e. The topological polar surface area (TPSA) is 83.1 Å². The molecule has 1 aliphatic rings. The summed E-state index contributed by atoms with van der Waals surface area (Å²) in [6, 6.07) is 13.5. The summed E-state index contributed by atoms with van der Waals surface area (Å²) in [4.78, 5) is 26.3. The van der Waals surface area contributed by atoms with Gasteiger partial charge in [-0.25, -0.2) is 4.98 Å². The van der Waals surface area contributed by atoms with Gasteiger partial charge in [-0.05, 0) is 43.7 Å². The van der Waals surface area contributed by atoms with Crippen LogP contribution in [0.2, 0.25) is 0 Å². The second-order valence-electron chi connectivity index (χ2n) is 6.78. The van der Waals surface area contributed by atoms with Gasteiger partial charge in [-0.3, -0.25) is 20.0 Å². The lowest BCUT2D eigenvalue weighted by atomic mass is 10.1. The molecular weight excluding hydrogens is 342 g/mol. The number of aromatic amines is 1. The Morgan fingerprint density at radius 3 is 3.00 bits per heavy atom. The minimum absolute atomic E-state index is 0.0700. The van der Waals surface area contributed by atoms with E-state index in [1.807, 2.05) is 42.5 Å². The second kappa shape index (κ2) is 8.28. The number of anilines is 1. The Balaban J connectivity index is 1.27. The molecular formula is C20H23N5O2. The number of piperidine rings is 1. The average molecular weight is 365 g/mol. The van der Waals surface area contributed by atoms with Gasteiger partial charge in [0.05, 0.1) is 36.0 Å². The van der Waals surface area contributed by atoms with Gasteiger partial charge in [0.2, 0.25) is 11.9 Å². The van der Waals surface area contributed by atoms with Crippen molar-refractivity contribution in [1.29, 1.82) is 0 Å². The highest BCUT2D eigenvalue weighted by Gasteiger charge is 2.22. The fourth-order valence-corrected chi connectivity index (χ4v) is 3.37. The molecule has 27 heavy (non-hydrogen) atoms. The van der Waals surface area contributed by atoms with Crippen molar-refractivity contribution in [2.45, 2.75) is 25.6 Å². The quantitative estimate of drug-likeness (QED) is 0.701. The predicted octanol–water partition coefficient (Wildman–Crippen LogP) is 2.58. The molecule has 7 heteroatoms.